The Hall–Kier alpha value is -1.00. The number of hydrogen-bond acceptors (Lipinski definition) is 2. The molecule has 0 spiro atoms. The molecule has 1 saturated heterocycles. The van der Waals surface area contributed by atoms with Crippen LogP contribution in [0.2, 0.25) is 0 Å². The topological polar surface area (TPSA) is 29.3 Å². The van der Waals surface area contributed by atoms with Crippen molar-refractivity contribution in [1.29, 1.82) is 0 Å². The largest absolute Gasteiger partial charge is 0.389 e. The molecule has 20 heavy (non-hydrogen) atoms. The summed E-state index contributed by atoms with van der Waals surface area (Å²) in [6.45, 7) is 4.15. The van der Waals surface area contributed by atoms with Crippen LogP contribution >= 0.6 is 12.2 Å². The second-order valence-corrected chi connectivity index (χ2v) is 5.99. The van der Waals surface area contributed by atoms with Crippen LogP contribution in [-0.2, 0) is 6.54 Å². The first-order chi connectivity index (χ1) is 9.61. The molecule has 2 N–H and O–H groups in total. The van der Waals surface area contributed by atoms with Crippen LogP contribution in [0.25, 0.3) is 0 Å². The van der Waals surface area contributed by atoms with E-state index in [0.29, 0.717) is 11.6 Å². The van der Waals surface area contributed by atoms with Crippen molar-refractivity contribution in [3.05, 3.63) is 35.1 Å². The van der Waals surface area contributed by atoms with E-state index in [9.17, 15) is 4.39 Å². The van der Waals surface area contributed by atoms with Crippen LogP contribution in [0.15, 0.2) is 18.2 Å². The molecule has 0 aliphatic carbocycles. The summed E-state index contributed by atoms with van der Waals surface area (Å²) in [5.74, 6) is -0.278. The van der Waals surface area contributed by atoms with Gasteiger partial charge in [0.25, 0.3) is 0 Å². The first-order valence-corrected chi connectivity index (χ1v) is 7.85. The fourth-order valence-electron chi connectivity index (χ4n) is 3.04. The van der Waals surface area contributed by atoms with Crippen LogP contribution in [0.1, 0.15) is 50.2 Å². The molecule has 4 heteroatoms. The summed E-state index contributed by atoms with van der Waals surface area (Å²) in [4.78, 5) is 2.78. The molecule has 2 nitrogen and oxygen atoms in total. The van der Waals surface area contributed by atoms with Gasteiger partial charge in [0.1, 0.15) is 10.8 Å². The quantitative estimate of drug-likeness (QED) is 0.860. The molecule has 1 unspecified atom stereocenters. The third-order valence-corrected chi connectivity index (χ3v) is 4.40. The van der Waals surface area contributed by atoms with Gasteiger partial charge >= 0.3 is 0 Å². The van der Waals surface area contributed by atoms with Gasteiger partial charge in [-0.15, -0.1) is 0 Å². The van der Waals surface area contributed by atoms with Crippen molar-refractivity contribution in [1.82, 2.24) is 4.90 Å². The molecule has 1 aliphatic heterocycles. The average molecular weight is 294 g/mol. The van der Waals surface area contributed by atoms with Crippen LogP contribution in [0.3, 0.4) is 0 Å². The third kappa shape index (κ3) is 3.76. The Kier molecular flexibility index (Phi) is 5.49. The van der Waals surface area contributed by atoms with Crippen molar-refractivity contribution < 1.29 is 4.39 Å². The highest BCUT2D eigenvalue weighted by Crippen LogP contribution is 2.23. The Bertz CT molecular complexity index is 476. The minimum atomic E-state index is -0.278. The lowest BCUT2D eigenvalue weighted by atomic mass is 10.0. The van der Waals surface area contributed by atoms with Gasteiger partial charge in [-0.3, -0.25) is 4.90 Å². The zero-order valence-electron chi connectivity index (χ0n) is 12.1. The lowest BCUT2D eigenvalue weighted by Crippen LogP contribution is -2.34. The molecule has 1 atom stereocenters. The Balaban J connectivity index is 2.21. The van der Waals surface area contributed by atoms with Crippen LogP contribution in [0.5, 0.6) is 0 Å². The lowest BCUT2D eigenvalue weighted by Gasteiger charge is -2.29. The maximum absolute atomic E-state index is 13.4. The first-order valence-electron chi connectivity index (χ1n) is 7.44. The molecule has 110 valence electrons. The fraction of sp³-hybridized carbons (Fsp3) is 0.562. The summed E-state index contributed by atoms with van der Waals surface area (Å²) in [5.41, 5.74) is 7.45. The number of rotatable bonds is 4. The number of benzene rings is 1. The number of thiocarbonyl (C=S) groups is 1. The molecule has 1 fully saturated rings. The summed E-state index contributed by atoms with van der Waals surface area (Å²) < 4.78 is 13.4. The van der Waals surface area contributed by atoms with Crippen molar-refractivity contribution in [2.24, 2.45) is 5.73 Å². The molecule has 0 bridgehead atoms. The predicted octanol–water partition coefficient (Wildman–Crippen LogP) is 3.61. The van der Waals surface area contributed by atoms with E-state index in [-0.39, 0.29) is 10.8 Å². The van der Waals surface area contributed by atoms with E-state index in [4.69, 9.17) is 18.0 Å². The number of likely N-dealkylation sites (tertiary alicyclic amines) is 1. The van der Waals surface area contributed by atoms with Gasteiger partial charge in [-0.1, -0.05) is 38.0 Å². The Morgan fingerprint density at radius 2 is 2.20 bits per heavy atom. The number of halogens is 1. The van der Waals surface area contributed by atoms with Gasteiger partial charge in [0.2, 0.25) is 0 Å². The summed E-state index contributed by atoms with van der Waals surface area (Å²) in [5, 5.41) is 0. The highest BCUT2D eigenvalue weighted by molar-refractivity contribution is 7.80. The van der Waals surface area contributed by atoms with Gasteiger partial charge in [-0.2, -0.15) is 0 Å². The zero-order valence-corrected chi connectivity index (χ0v) is 12.9. The Morgan fingerprint density at radius 3 is 2.90 bits per heavy atom. The second-order valence-electron chi connectivity index (χ2n) is 5.55. The van der Waals surface area contributed by atoms with Gasteiger partial charge in [0, 0.05) is 18.2 Å². The maximum atomic E-state index is 13.4. The van der Waals surface area contributed by atoms with E-state index in [1.807, 2.05) is 6.07 Å². The third-order valence-electron chi connectivity index (χ3n) is 4.18. The van der Waals surface area contributed by atoms with Gasteiger partial charge in [-0.25, -0.2) is 4.39 Å². The molecule has 0 saturated carbocycles. The number of nitrogens with two attached hydrogens (primary N) is 1. The predicted molar refractivity (Wildman–Crippen MR) is 85.2 cm³/mol. The molecule has 1 aromatic rings. The van der Waals surface area contributed by atoms with Gasteiger partial charge in [-0.05, 0) is 43.5 Å². The average Bonchev–Trinajstić information content (AvgIpc) is 2.65. The van der Waals surface area contributed by atoms with Crippen molar-refractivity contribution in [3.63, 3.8) is 0 Å². The van der Waals surface area contributed by atoms with E-state index in [1.54, 1.807) is 0 Å². The van der Waals surface area contributed by atoms with E-state index >= 15 is 0 Å². The summed E-state index contributed by atoms with van der Waals surface area (Å²) in [6, 6.07) is 5.38. The lowest BCUT2D eigenvalue weighted by molar-refractivity contribution is 0.186. The zero-order chi connectivity index (χ0) is 14.5. The molecule has 1 heterocycles. The van der Waals surface area contributed by atoms with E-state index in [0.717, 1.165) is 25.1 Å². The summed E-state index contributed by atoms with van der Waals surface area (Å²) in [6.07, 6.45) is 6.25. The minimum Gasteiger partial charge on any atom is -0.389 e. The van der Waals surface area contributed by atoms with Gasteiger partial charge in [0.05, 0.1) is 0 Å². The second kappa shape index (κ2) is 7.14. The van der Waals surface area contributed by atoms with E-state index < -0.39 is 0 Å². The monoisotopic (exact) mass is 294 g/mol. The van der Waals surface area contributed by atoms with Crippen molar-refractivity contribution in [2.75, 3.05) is 6.54 Å². The SMILES string of the molecule is CCC1CCCCCN1Cc1ccc(F)cc1C(N)=S. The van der Waals surface area contributed by atoms with E-state index in [1.165, 1.54) is 37.8 Å². The standard InChI is InChI=1S/C16H23FN2S/c1-2-14-6-4-3-5-9-19(14)11-12-7-8-13(17)10-15(12)16(18)20/h7-8,10,14H,2-6,9,11H2,1H3,(H2,18,20). The molecule has 0 aromatic heterocycles. The van der Waals surface area contributed by atoms with Crippen LogP contribution in [-0.4, -0.2) is 22.5 Å². The normalized spacial score (nSPS) is 20.6. The smallest absolute Gasteiger partial charge is 0.123 e. The fourth-order valence-corrected chi connectivity index (χ4v) is 3.23. The van der Waals surface area contributed by atoms with Crippen LogP contribution in [0.4, 0.5) is 4.39 Å². The number of nitrogens with zero attached hydrogens (tertiary/aromatic N) is 1. The summed E-state index contributed by atoms with van der Waals surface area (Å²) >= 11 is 5.05. The summed E-state index contributed by atoms with van der Waals surface area (Å²) in [7, 11) is 0. The first kappa shape index (κ1) is 15.4. The van der Waals surface area contributed by atoms with Gasteiger partial charge < -0.3 is 5.73 Å². The Morgan fingerprint density at radius 1 is 1.40 bits per heavy atom. The van der Waals surface area contributed by atoms with Crippen LogP contribution in [0, 0.1) is 5.82 Å². The van der Waals surface area contributed by atoms with Gasteiger partial charge in [0.15, 0.2) is 0 Å². The Labute approximate surface area is 126 Å². The van der Waals surface area contributed by atoms with Crippen LogP contribution < -0.4 is 5.73 Å². The van der Waals surface area contributed by atoms with Crippen molar-refractivity contribution in [3.8, 4) is 0 Å². The molecular formula is C16H23FN2S. The molecule has 1 aliphatic rings. The van der Waals surface area contributed by atoms with Crippen molar-refractivity contribution >= 4 is 17.2 Å². The molecule has 0 amide bonds. The molecule has 2 rings (SSSR count). The van der Waals surface area contributed by atoms with Crippen molar-refractivity contribution in [2.45, 2.75) is 51.6 Å². The minimum absolute atomic E-state index is 0.278. The molecule has 0 radical (unpaired) electrons. The highest BCUT2D eigenvalue weighted by atomic mass is 32.1. The highest BCUT2D eigenvalue weighted by Gasteiger charge is 2.20. The van der Waals surface area contributed by atoms with E-state index in [2.05, 4.69) is 11.8 Å². The maximum Gasteiger partial charge on any atom is 0.123 e. The molecule has 1 aromatic carbocycles. The number of hydrogen-bond donors (Lipinski definition) is 1. The molecular weight excluding hydrogens is 271 g/mol.